The van der Waals surface area contributed by atoms with E-state index in [0.29, 0.717) is 19.4 Å². The van der Waals surface area contributed by atoms with Crippen molar-refractivity contribution in [2.24, 2.45) is 0 Å². The molecule has 0 aliphatic rings. The number of benzene rings is 1. The van der Waals surface area contributed by atoms with E-state index in [1.54, 1.807) is 7.11 Å². The van der Waals surface area contributed by atoms with E-state index < -0.39 is 5.97 Å². The van der Waals surface area contributed by atoms with Crippen LogP contribution in [0.25, 0.3) is 0 Å². The van der Waals surface area contributed by atoms with E-state index in [0.717, 1.165) is 5.56 Å². The molecule has 0 heterocycles. The molecule has 1 rings (SSSR count). The molecule has 1 aromatic rings. The zero-order chi connectivity index (χ0) is 16.4. The highest BCUT2D eigenvalue weighted by Crippen LogP contribution is 2.08. The van der Waals surface area contributed by atoms with E-state index in [-0.39, 0.29) is 24.5 Å². The molecule has 0 aromatic heterocycles. The lowest BCUT2D eigenvalue weighted by Gasteiger charge is -2.20. The highest BCUT2D eigenvalue weighted by molar-refractivity contribution is 5.74. The molecule has 0 bridgehead atoms. The van der Waals surface area contributed by atoms with Crippen molar-refractivity contribution in [2.45, 2.75) is 38.3 Å². The van der Waals surface area contributed by atoms with Crippen molar-refractivity contribution < 1.29 is 19.4 Å². The molecular formula is C16H24N2O4. The lowest BCUT2D eigenvalue weighted by atomic mass is 10.0. The van der Waals surface area contributed by atoms with Crippen molar-refractivity contribution in [2.75, 3.05) is 13.7 Å². The van der Waals surface area contributed by atoms with Gasteiger partial charge >= 0.3 is 12.0 Å². The van der Waals surface area contributed by atoms with Gasteiger partial charge in [-0.2, -0.15) is 0 Å². The summed E-state index contributed by atoms with van der Waals surface area (Å²) in [6.07, 6.45) is 1.00. The van der Waals surface area contributed by atoms with Gasteiger partial charge in [0.1, 0.15) is 0 Å². The smallest absolute Gasteiger partial charge is 0.315 e. The maximum absolute atomic E-state index is 11.9. The molecule has 2 amide bonds. The number of hydrogen-bond donors (Lipinski definition) is 3. The van der Waals surface area contributed by atoms with Gasteiger partial charge in [0.2, 0.25) is 0 Å². The quantitative estimate of drug-likeness (QED) is 0.649. The van der Waals surface area contributed by atoms with Crippen molar-refractivity contribution in [1.82, 2.24) is 10.6 Å². The molecule has 0 saturated heterocycles. The van der Waals surface area contributed by atoms with Crippen molar-refractivity contribution in [3.63, 3.8) is 0 Å². The molecule has 1 unspecified atom stereocenters. The van der Waals surface area contributed by atoms with E-state index in [1.807, 2.05) is 37.3 Å². The first kappa shape index (κ1) is 18.0. The molecular weight excluding hydrogens is 284 g/mol. The summed E-state index contributed by atoms with van der Waals surface area (Å²) in [6, 6.07) is 9.03. The summed E-state index contributed by atoms with van der Waals surface area (Å²) in [6.45, 7) is 2.26. The van der Waals surface area contributed by atoms with Gasteiger partial charge in [0.05, 0.1) is 12.6 Å². The predicted molar refractivity (Wildman–Crippen MR) is 83.8 cm³/mol. The van der Waals surface area contributed by atoms with Crippen LogP contribution in [0.15, 0.2) is 30.3 Å². The number of methoxy groups -OCH3 is 1. The maximum atomic E-state index is 11.9. The molecule has 0 spiro atoms. The molecule has 22 heavy (non-hydrogen) atoms. The van der Waals surface area contributed by atoms with Crippen molar-refractivity contribution in [3.8, 4) is 0 Å². The summed E-state index contributed by atoms with van der Waals surface area (Å²) in [7, 11) is 1.57. The molecule has 6 nitrogen and oxygen atoms in total. The lowest BCUT2D eigenvalue weighted by Crippen LogP contribution is -2.47. The number of amides is 2. The minimum atomic E-state index is -0.868. The number of hydrogen-bond acceptors (Lipinski definition) is 3. The molecule has 1 aromatic carbocycles. The Hall–Kier alpha value is -2.08. The number of carbonyl (C=O) groups excluding carboxylic acids is 1. The third-order valence-electron chi connectivity index (χ3n) is 3.16. The zero-order valence-corrected chi connectivity index (χ0v) is 13.0. The van der Waals surface area contributed by atoms with E-state index in [9.17, 15) is 9.59 Å². The Morgan fingerprint density at radius 2 is 1.91 bits per heavy atom. The monoisotopic (exact) mass is 308 g/mol. The number of ether oxygens (including phenoxy) is 1. The number of carboxylic acid groups (broad SMARTS) is 1. The van der Waals surface area contributed by atoms with Crippen LogP contribution >= 0.6 is 0 Å². The number of carboxylic acids is 1. The van der Waals surface area contributed by atoms with Gasteiger partial charge in [-0.1, -0.05) is 30.3 Å². The van der Waals surface area contributed by atoms with E-state index >= 15 is 0 Å². The van der Waals surface area contributed by atoms with Crippen LogP contribution in [0.1, 0.15) is 25.3 Å². The summed E-state index contributed by atoms with van der Waals surface area (Å²) < 4.78 is 4.96. The second-order valence-electron chi connectivity index (χ2n) is 5.29. The van der Waals surface area contributed by atoms with Gasteiger partial charge in [-0.3, -0.25) is 4.79 Å². The number of rotatable bonds is 9. The highest BCUT2D eigenvalue weighted by atomic mass is 16.5. The molecule has 0 saturated carbocycles. The zero-order valence-electron chi connectivity index (χ0n) is 13.0. The average Bonchev–Trinajstić information content (AvgIpc) is 2.46. The number of nitrogens with one attached hydrogen (secondary N) is 2. The van der Waals surface area contributed by atoms with Gasteiger partial charge in [-0.15, -0.1) is 0 Å². The molecule has 0 radical (unpaired) electrons. The summed E-state index contributed by atoms with van der Waals surface area (Å²) in [5.74, 6) is -0.868. The number of aliphatic carboxylic acids is 1. The number of carbonyl (C=O) groups is 2. The van der Waals surface area contributed by atoms with Crippen molar-refractivity contribution in [3.05, 3.63) is 35.9 Å². The standard InChI is InChI=1S/C16H24N2O4/c1-12(11-22-2)17-16(21)18-14(8-9-15(19)20)10-13-6-4-3-5-7-13/h3-7,12,14H,8-11H2,1-2H3,(H,19,20)(H2,17,18,21)/t12-,14?/m1/s1. The van der Waals surface area contributed by atoms with E-state index in [2.05, 4.69) is 10.6 Å². The molecule has 122 valence electrons. The minimum Gasteiger partial charge on any atom is -0.481 e. The van der Waals surface area contributed by atoms with Crippen LogP contribution in [0.5, 0.6) is 0 Å². The molecule has 3 N–H and O–H groups in total. The Morgan fingerprint density at radius 1 is 1.23 bits per heavy atom. The SMILES string of the molecule is COC[C@@H](C)NC(=O)NC(CCC(=O)O)Cc1ccccc1. The molecule has 0 aliphatic carbocycles. The first-order valence-electron chi connectivity index (χ1n) is 7.33. The van der Waals surface area contributed by atoms with Crippen LogP contribution in [0.2, 0.25) is 0 Å². The normalized spacial score (nSPS) is 13.2. The second-order valence-corrected chi connectivity index (χ2v) is 5.29. The lowest BCUT2D eigenvalue weighted by molar-refractivity contribution is -0.137. The summed E-state index contributed by atoms with van der Waals surface area (Å²) in [5, 5.41) is 14.4. The van der Waals surface area contributed by atoms with Crippen LogP contribution in [-0.2, 0) is 16.0 Å². The minimum absolute atomic E-state index is 0.0193. The maximum Gasteiger partial charge on any atom is 0.315 e. The van der Waals surface area contributed by atoms with Crippen LogP contribution in [0.4, 0.5) is 4.79 Å². The van der Waals surface area contributed by atoms with Gasteiger partial charge in [0.25, 0.3) is 0 Å². The Labute approximate surface area is 130 Å². The van der Waals surface area contributed by atoms with Gasteiger partial charge < -0.3 is 20.5 Å². The average molecular weight is 308 g/mol. The highest BCUT2D eigenvalue weighted by Gasteiger charge is 2.16. The molecule has 0 fully saturated rings. The third-order valence-corrected chi connectivity index (χ3v) is 3.16. The van der Waals surface area contributed by atoms with Crippen LogP contribution in [0.3, 0.4) is 0 Å². The summed E-state index contributed by atoms with van der Waals surface area (Å²) >= 11 is 0. The largest absolute Gasteiger partial charge is 0.481 e. The molecule has 2 atom stereocenters. The van der Waals surface area contributed by atoms with Gasteiger partial charge in [-0.05, 0) is 25.3 Å². The van der Waals surface area contributed by atoms with Crippen LogP contribution in [-0.4, -0.2) is 42.9 Å². The fraction of sp³-hybridized carbons (Fsp3) is 0.500. The summed E-state index contributed by atoms with van der Waals surface area (Å²) in [4.78, 5) is 22.7. The third kappa shape index (κ3) is 7.64. The van der Waals surface area contributed by atoms with Gasteiger partial charge in [-0.25, -0.2) is 4.79 Å². The molecule has 0 aliphatic heterocycles. The second kappa shape index (κ2) is 9.78. The summed E-state index contributed by atoms with van der Waals surface area (Å²) in [5.41, 5.74) is 1.06. The Morgan fingerprint density at radius 3 is 2.50 bits per heavy atom. The van der Waals surface area contributed by atoms with Crippen LogP contribution < -0.4 is 10.6 Å². The van der Waals surface area contributed by atoms with Gasteiger partial charge in [0.15, 0.2) is 0 Å². The fourth-order valence-electron chi connectivity index (χ4n) is 2.16. The first-order valence-corrected chi connectivity index (χ1v) is 7.33. The Kier molecular flexibility index (Phi) is 7.99. The van der Waals surface area contributed by atoms with E-state index in [1.165, 1.54) is 0 Å². The fourth-order valence-corrected chi connectivity index (χ4v) is 2.16. The van der Waals surface area contributed by atoms with Crippen LogP contribution in [0, 0.1) is 0 Å². The predicted octanol–water partition coefficient (Wildman–Crippen LogP) is 1.80. The van der Waals surface area contributed by atoms with Crippen molar-refractivity contribution in [1.29, 1.82) is 0 Å². The van der Waals surface area contributed by atoms with Crippen molar-refractivity contribution >= 4 is 12.0 Å². The Balaban J connectivity index is 2.57. The topological polar surface area (TPSA) is 87.7 Å². The van der Waals surface area contributed by atoms with E-state index in [4.69, 9.17) is 9.84 Å². The number of urea groups is 1. The first-order chi connectivity index (χ1) is 10.5. The van der Waals surface area contributed by atoms with Gasteiger partial charge in [0, 0.05) is 19.6 Å². The Bertz CT molecular complexity index is 464. The molecule has 6 heteroatoms.